The first-order chi connectivity index (χ1) is 11.2. The van der Waals surface area contributed by atoms with Gasteiger partial charge in [0.25, 0.3) is 0 Å². The summed E-state index contributed by atoms with van der Waals surface area (Å²) in [5, 5.41) is 0. The molecule has 0 saturated carbocycles. The van der Waals surface area contributed by atoms with Crippen molar-refractivity contribution in [3.63, 3.8) is 0 Å². The SMILES string of the molecule is CCC(C)(C(N)=O)c1ccc(-c2ccccc2)c(OC(F)(F)F)c1. The molecule has 0 aliphatic heterocycles. The number of nitrogens with two attached hydrogens (primary N) is 1. The summed E-state index contributed by atoms with van der Waals surface area (Å²) >= 11 is 0. The van der Waals surface area contributed by atoms with Crippen LogP contribution in [0.4, 0.5) is 13.2 Å². The second-order valence-corrected chi connectivity index (χ2v) is 5.67. The predicted molar refractivity (Wildman–Crippen MR) is 85.4 cm³/mol. The fraction of sp³-hybridized carbons (Fsp3) is 0.278. The first kappa shape index (κ1) is 17.8. The molecule has 0 radical (unpaired) electrons. The molecule has 1 unspecified atom stereocenters. The third-order valence-corrected chi connectivity index (χ3v) is 4.18. The topological polar surface area (TPSA) is 52.3 Å². The molecule has 128 valence electrons. The van der Waals surface area contributed by atoms with E-state index in [1.54, 1.807) is 50.2 Å². The summed E-state index contributed by atoms with van der Waals surface area (Å²) in [5.41, 5.74) is 5.63. The summed E-state index contributed by atoms with van der Waals surface area (Å²) in [4.78, 5) is 11.8. The van der Waals surface area contributed by atoms with Gasteiger partial charge in [-0.2, -0.15) is 0 Å². The van der Waals surface area contributed by atoms with Crippen LogP contribution in [-0.2, 0) is 10.2 Å². The van der Waals surface area contributed by atoms with Crippen LogP contribution in [0, 0.1) is 0 Å². The molecule has 0 heterocycles. The Bertz CT molecular complexity index is 729. The fourth-order valence-corrected chi connectivity index (χ4v) is 2.45. The van der Waals surface area contributed by atoms with E-state index in [2.05, 4.69) is 4.74 Å². The average molecular weight is 337 g/mol. The zero-order chi connectivity index (χ0) is 18.0. The molecule has 24 heavy (non-hydrogen) atoms. The Morgan fingerprint density at radius 2 is 1.75 bits per heavy atom. The van der Waals surface area contributed by atoms with Crippen LogP contribution >= 0.6 is 0 Å². The van der Waals surface area contributed by atoms with Crippen molar-refractivity contribution >= 4 is 5.91 Å². The van der Waals surface area contributed by atoms with Crippen LogP contribution in [-0.4, -0.2) is 12.3 Å². The van der Waals surface area contributed by atoms with E-state index in [-0.39, 0.29) is 5.75 Å². The van der Waals surface area contributed by atoms with Gasteiger partial charge in [0.1, 0.15) is 5.75 Å². The van der Waals surface area contributed by atoms with Gasteiger partial charge >= 0.3 is 6.36 Å². The second kappa shape index (κ2) is 6.55. The Kier molecular flexibility index (Phi) is 4.87. The maximum absolute atomic E-state index is 12.8. The van der Waals surface area contributed by atoms with Crippen molar-refractivity contribution in [1.82, 2.24) is 0 Å². The number of carbonyl (C=O) groups excluding carboxylic acids is 1. The summed E-state index contributed by atoms with van der Waals surface area (Å²) in [7, 11) is 0. The number of hydrogen-bond donors (Lipinski definition) is 1. The van der Waals surface area contributed by atoms with Gasteiger partial charge in [0.2, 0.25) is 5.91 Å². The number of hydrogen-bond acceptors (Lipinski definition) is 2. The minimum atomic E-state index is -4.84. The highest BCUT2D eigenvalue weighted by Crippen LogP contribution is 2.38. The van der Waals surface area contributed by atoms with Crippen molar-refractivity contribution in [3.8, 4) is 16.9 Å². The van der Waals surface area contributed by atoms with Gasteiger partial charge in [-0.1, -0.05) is 49.4 Å². The predicted octanol–water partition coefficient (Wildman–Crippen LogP) is 4.41. The third-order valence-electron chi connectivity index (χ3n) is 4.18. The van der Waals surface area contributed by atoms with Crippen molar-refractivity contribution in [1.29, 1.82) is 0 Å². The Balaban J connectivity index is 2.61. The molecule has 1 atom stereocenters. The standard InChI is InChI=1S/C18H18F3NO2/c1-3-17(2,16(22)23)13-9-10-14(12-7-5-4-6-8-12)15(11-13)24-18(19,20)21/h4-11H,3H2,1-2H3,(H2,22,23). The minimum absolute atomic E-state index is 0.291. The second-order valence-electron chi connectivity index (χ2n) is 5.67. The van der Waals surface area contributed by atoms with Gasteiger partial charge in [-0.05, 0) is 30.5 Å². The molecule has 0 saturated heterocycles. The molecule has 0 aliphatic rings. The number of carbonyl (C=O) groups is 1. The van der Waals surface area contributed by atoms with E-state index in [9.17, 15) is 18.0 Å². The summed E-state index contributed by atoms with van der Waals surface area (Å²) in [6.45, 7) is 3.35. The molecule has 0 spiro atoms. The van der Waals surface area contributed by atoms with Gasteiger partial charge in [0, 0.05) is 5.56 Å². The van der Waals surface area contributed by atoms with Crippen LogP contribution < -0.4 is 10.5 Å². The van der Waals surface area contributed by atoms with E-state index in [1.165, 1.54) is 12.1 Å². The summed E-state index contributed by atoms with van der Waals surface area (Å²) in [6.07, 6.45) is -4.48. The number of rotatable bonds is 5. The summed E-state index contributed by atoms with van der Waals surface area (Å²) in [5.74, 6) is -0.956. The van der Waals surface area contributed by atoms with E-state index < -0.39 is 17.7 Å². The van der Waals surface area contributed by atoms with Crippen molar-refractivity contribution in [3.05, 3.63) is 54.1 Å². The van der Waals surface area contributed by atoms with Crippen molar-refractivity contribution in [2.75, 3.05) is 0 Å². The molecule has 0 bridgehead atoms. The largest absolute Gasteiger partial charge is 0.573 e. The summed E-state index contributed by atoms with van der Waals surface area (Å²) < 4.78 is 42.6. The van der Waals surface area contributed by atoms with E-state index >= 15 is 0 Å². The minimum Gasteiger partial charge on any atom is -0.405 e. The van der Waals surface area contributed by atoms with Gasteiger partial charge in [-0.15, -0.1) is 13.2 Å². The Morgan fingerprint density at radius 3 is 2.25 bits per heavy atom. The maximum atomic E-state index is 12.8. The maximum Gasteiger partial charge on any atom is 0.573 e. The zero-order valence-electron chi connectivity index (χ0n) is 13.4. The normalized spacial score (nSPS) is 14.0. The molecule has 2 rings (SSSR count). The lowest BCUT2D eigenvalue weighted by molar-refractivity contribution is -0.274. The monoisotopic (exact) mass is 337 g/mol. The quantitative estimate of drug-likeness (QED) is 0.879. The van der Waals surface area contributed by atoms with Gasteiger partial charge in [-0.25, -0.2) is 0 Å². The number of ether oxygens (including phenoxy) is 1. The van der Waals surface area contributed by atoms with Crippen LogP contribution in [0.1, 0.15) is 25.8 Å². The highest BCUT2D eigenvalue weighted by atomic mass is 19.4. The molecule has 3 nitrogen and oxygen atoms in total. The van der Waals surface area contributed by atoms with Crippen molar-refractivity contribution in [2.45, 2.75) is 32.0 Å². The Labute approximate surface area is 138 Å². The Morgan fingerprint density at radius 1 is 1.12 bits per heavy atom. The zero-order valence-corrected chi connectivity index (χ0v) is 13.4. The van der Waals surface area contributed by atoms with E-state index in [0.29, 0.717) is 23.1 Å². The molecule has 2 aromatic carbocycles. The third kappa shape index (κ3) is 3.69. The molecule has 6 heteroatoms. The molecule has 0 fully saturated rings. The van der Waals surface area contributed by atoms with Crippen LogP contribution in [0.15, 0.2) is 48.5 Å². The van der Waals surface area contributed by atoms with Gasteiger partial charge in [0.05, 0.1) is 5.41 Å². The number of primary amides is 1. The summed E-state index contributed by atoms with van der Waals surface area (Å²) in [6, 6.07) is 13.0. The van der Waals surface area contributed by atoms with E-state index in [1.807, 2.05) is 0 Å². The average Bonchev–Trinajstić information content (AvgIpc) is 2.53. The van der Waals surface area contributed by atoms with Crippen LogP contribution in [0.3, 0.4) is 0 Å². The fourth-order valence-electron chi connectivity index (χ4n) is 2.45. The van der Waals surface area contributed by atoms with Crippen LogP contribution in [0.25, 0.3) is 11.1 Å². The van der Waals surface area contributed by atoms with Crippen LogP contribution in [0.2, 0.25) is 0 Å². The lowest BCUT2D eigenvalue weighted by atomic mass is 9.79. The molecule has 0 aromatic heterocycles. The lowest BCUT2D eigenvalue weighted by Gasteiger charge is -2.26. The van der Waals surface area contributed by atoms with Gasteiger partial charge < -0.3 is 10.5 Å². The first-order valence-corrected chi connectivity index (χ1v) is 7.43. The Hall–Kier alpha value is -2.50. The molecule has 1 amide bonds. The molecular formula is C18H18F3NO2. The number of alkyl halides is 3. The lowest BCUT2D eigenvalue weighted by Crippen LogP contribution is -2.37. The van der Waals surface area contributed by atoms with Crippen molar-refractivity contribution < 1.29 is 22.7 Å². The van der Waals surface area contributed by atoms with Crippen molar-refractivity contribution in [2.24, 2.45) is 5.73 Å². The van der Waals surface area contributed by atoms with E-state index in [4.69, 9.17) is 5.73 Å². The highest BCUT2D eigenvalue weighted by molar-refractivity contribution is 5.87. The van der Waals surface area contributed by atoms with Crippen LogP contribution in [0.5, 0.6) is 5.75 Å². The highest BCUT2D eigenvalue weighted by Gasteiger charge is 2.35. The number of halogens is 3. The smallest absolute Gasteiger partial charge is 0.405 e. The molecule has 0 aliphatic carbocycles. The first-order valence-electron chi connectivity index (χ1n) is 7.43. The number of benzene rings is 2. The number of amides is 1. The van der Waals surface area contributed by atoms with Gasteiger partial charge in [-0.3, -0.25) is 4.79 Å². The van der Waals surface area contributed by atoms with E-state index in [0.717, 1.165) is 0 Å². The molecular weight excluding hydrogens is 319 g/mol. The van der Waals surface area contributed by atoms with Gasteiger partial charge in [0.15, 0.2) is 0 Å². The molecule has 2 N–H and O–H groups in total. The molecule has 2 aromatic rings.